The van der Waals surface area contributed by atoms with Crippen LogP contribution >= 0.6 is 22.9 Å². The van der Waals surface area contributed by atoms with E-state index < -0.39 is 0 Å². The largest absolute Gasteiger partial charge is 0.335 e. The molecule has 1 amide bonds. The summed E-state index contributed by atoms with van der Waals surface area (Å²) >= 11 is 7.80. The number of halogens is 1. The molecule has 1 heterocycles. The summed E-state index contributed by atoms with van der Waals surface area (Å²) in [5.74, 6) is -0.0354. The Morgan fingerprint density at radius 3 is 2.50 bits per heavy atom. The third-order valence-corrected chi connectivity index (χ3v) is 6.00. The number of carbonyl (C=O) groups excluding carboxylic acids is 1. The number of nitrogens with two attached hydrogens (primary N) is 1. The molecule has 0 spiro atoms. The fraction of sp³-hybridized carbons (Fsp3) is 0.273. The van der Waals surface area contributed by atoms with Gasteiger partial charge in [0.05, 0.1) is 5.69 Å². The molecule has 0 aliphatic heterocycles. The van der Waals surface area contributed by atoms with Gasteiger partial charge in [-0.15, -0.1) is 11.3 Å². The zero-order valence-corrected chi connectivity index (χ0v) is 18.1. The molecular formula is C22H25ClN3OS+. The summed E-state index contributed by atoms with van der Waals surface area (Å²) in [7, 11) is 0. The number of quaternary nitrogens is 1. The maximum Gasteiger partial charge on any atom is 0.230 e. The van der Waals surface area contributed by atoms with Crippen LogP contribution in [0.25, 0.3) is 0 Å². The Kier molecular flexibility index (Phi) is 6.50. The van der Waals surface area contributed by atoms with Crippen LogP contribution in [-0.4, -0.2) is 10.9 Å². The van der Waals surface area contributed by atoms with E-state index in [1.807, 2.05) is 55.6 Å². The van der Waals surface area contributed by atoms with Gasteiger partial charge in [-0.3, -0.25) is 9.69 Å². The summed E-state index contributed by atoms with van der Waals surface area (Å²) < 4.78 is 0. The molecule has 1 aromatic heterocycles. The summed E-state index contributed by atoms with van der Waals surface area (Å²) in [5.41, 5.74) is 5.11. The molecule has 3 aromatic rings. The van der Waals surface area contributed by atoms with Crippen LogP contribution in [0.3, 0.4) is 0 Å². The molecule has 0 fully saturated rings. The Labute approximate surface area is 175 Å². The Morgan fingerprint density at radius 1 is 1.18 bits per heavy atom. The zero-order valence-electron chi connectivity index (χ0n) is 16.6. The monoisotopic (exact) mass is 414 g/mol. The van der Waals surface area contributed by atoms with Crippen molar-refractivity contribution < 1.29 is 10.1 Å². The van der Waals surface area contributed by atoms with Gasteiger partial charge in [0, 0.05) is 22.9 Å². The van der Waals surface area contributed by atoms with Crippen LogP contribution in [0.1, 0.15) is 42.3 Å². The highest BCUT2D eigenvalue weighted by Crippen LogP contribution is 2.33. The molecule has 6 heteroatoms. The molecule has 0 aliphatic carbocycles. The van der Waals surface area contributed by atoms with Crippen molar-refractivity contribution >= 4 is 39.7 Å². The van der Waals surface area contributed by atoms with E-state index in [-0.39, 0.29) is 11.9 Å². The third-order valence-electron chi connectivity index (χ3n) is 4.79. The molecule has 4 nitrogen and oxygen atoms in total. The molecule has 146 valence electrons. The van der Waals surface area contributed by atoms with E-state index in [9.17, 15) is 4.79 Å². The fourth-order valence-electron chi connectivity index (χ4n) is 3.31. The SMILES string of the molecule is CC(=O)N(c1nc(C[NH2+][C@H](C)c2ccccc2Cl)cs1)c1c(C)cccc1C. The summed E-state index contributed by atoms with van der Waals surface area (Å²) in [6.45, 7) is 8.48. The maximum atomic E-state index is 12.4. The Hall–Kier alpha value is -2.21. The first-order valence-corrected chi connectivity index (χ1v) is 10.5. The van der Waals surface area contributed by atoms with Gasteiger partial charge >= 0.3 is 0 Å². The molecule has 28 heavy (non-hydrogen) atoms. The lowest BCUT2D eigenvalue weighted by molar-refractivity contribution is -0.708. The minimum atomic E-state index is -0.0354. The lowest BCUT2D eigenvalue weighted by Crippen LogP contribution is -2.83. The van der Waals surface area contributed by atoms with Crippen LogP contribution in [0, 0.1) is 13.8 Å². The number of aromatic nitrogens is 1. The Morgan fingerprint density at radius 2 is 1.86 bits per heavy atom. The first kappa shape index (κ1) is 20.5. The van der Waals surface area contributed by atoms with Crippen molar-refractivity contribution in [1.82, 2.24) is 4.98 Å². The van der Waals surface area contributed by atoms with E-state index in [0.29, 0.717) is 5.13 Å². The quantitative estimate of drug-likeness (QED) is 0.622. The molecule has 0 saturated heterocycles. The molecule has 0 radical (unpaired) electrons. The van der Waals surface area contributed by atoms with Crippen molar-refractivity contribution in [3.8, 4) is 0 Å². The smallest absolute Gasteiger partial charge is 0.230 e. The predicted octanol–water partition coefficient (Wildman–Crippen LogP) is 4.92. The summed E-state index contributed by atoms with van der Waals surface area (Å²) in [6, 6.07) is 14.2. The van der Waals surface area contributed by atoms with Crippen LogP contribution in [-0.2, 0) is 11.3 Å². The lowest BCUT2D eigenvalue weighted by atomic mass is 10.1. The van der Waals surface area contributed by atoms with Crippen LogP contribution in [0.2, 0.25) is 5.02 Å². The minimum Gasteiger partial charge on any atom is -0.335 e. The van der Waals surface area contributed by atoms with Crippen molar-refractivity contribution in [2.75, 3.05) is 4.90 Å². The molecule has 0 aliphatic rings. The number of carbonyl (C=O) groups is 1. The first-order valence-electron chi connectivity index (χ1n) is 9.27. The number of rotatable bonds is 6. The molecule has 0 unspecified atom stereocenters. The second-order valence-corrected chi connectivity index (χ2v) is 8.21. The topological polar surface area (TPSA) is 49.8 Å². The molecule has 3 rings (SSSR count). The van der Waals surface area contributed by atoms with Crippen LogP contribution in [0.5, 0.6) is 0 Å². The van der Waals surface area contributed by atoms with E-state index in [2.05, 4.69) is 18.3 Å². The highest BCUT2D eigenvalue weighted by molar-refractivity contribution is 7.14. The van der Waals surface area contributed by atoms with Gasteiger partial charge in [0.1, 0.15) is 18.3 Å². The lowest BCUT2D eigenvalue weighted by Gasteiger charge is -2.22. The second-order valence-electron chi connectivity index (χ2n) is 6.97. The molecule has 2 aromatic carbocycles. The van der Waals surface area contributed by atoms with Gasteiger partial charge in [0.2, 0.25) is 5.91 Å². The summed E-state index contributed by atoms with van der Waals surface area (Å²) in [6.07, 6.45) is 0. The standard InChI is InChI=1S/C22H24ClN3OS/c1-14-8-7-9-15(2)21(14)26(17(4)27)22-25-18(13-28-22)12-24-16(3)19-10-5-6-11-20(19)23/h5-11,13,16,24H,12H2,1-4H3/p+1/t16-/m1/s1. The van der Waals surface area contributed by atoms with E-state index in [1.165, 1.54) is 11.3 Å². The number of hydrogen-bond donors (Lipinski definition) is 1. The molecule has 2 N–H and O–H groups in total. The third kappa shape index (κ3) is 4.43. The molecule has 0 saturated carbocycles. The van der Waals surface area contributed by atoms with Crippen LogP contribution in [0.15, 0.2) is 47.8 Å². The number of thiazole rings is 1. The molecule has 1 atom stereocenters. The predicted molar refractivity (Wildman–Crippen MR) is 116 cm³/mol. The Bertz CT molecular complexity index is 965. The normalized spacial score (nSPS) is 12.0. The highest BCUT2D eigenvalue weighted by Gasteiger charge is 2.22. The van der Waals surface area contributed by atoms with Gasteiger partial charge in [-0.25, -0.2) is 4.98 Å². The van der Waals surface area contributed by atoms with E-state index in [0.717, 1.165) is 39.6 Å². The molecule has 0 bridgehead atoms. The van der Waals surface area contributed by atoms with Gasteiger partial charge in [-0.2, -0.15) is 0 Å². The summed E-state index contributed by atoms with van der Waals surface area (Å²) in [5, 5.41) is 5.72. The second kappa shape index (κ2) is 8.86. The highest BCUT2D eigenvalue weighted by atomic mass is 35.5. The summed E-state index contributed by atoms with van der Waals surface area (Å²) in [4.78, 5) is 18.9. The minimum absolute atomic E-state index is 0.0354. The van der Waals surface area contributed by atoms with Crippen molar-refractivity contribution in [1.29, 1.82) is 0 Å². The van der Waals surface area contributed by atoms with Gasteiger partial charge in [-0.1, -0.05) is 48.0 Å². The van der Waals surface area contributed by atoms with Crippen molar-refractivity contribution in [3.63, 3.8) is 0 Å². The molecular weight excluding hydrogens is 390 g/mol. The average molecular weight is 415 g/mol. The Balaban J connectivity index is 1.78. The van der Waals surface area contributed by atoms with Gasteiger partial charge in [0.15, 0.2) is 5.13 Å². The first-order chi connectivity index (χ1) is 13.4. The fourth-order valence-corrected chi connectivity index (χ4v) is 4.50. The van der Waals surface area contributed by atoms with Gasteiger partial charge in [0.25, 0.3) is 0 Å². The maximum absolute atomic E-state index is 12.4. The van der Waals surface area contributed by atoms with Crippen LogP contribution in [0.4, 0.5) is 10.8 Å². The number of para-hydroxylation sites is 1. The number of hydrogen-bond acceptors (Lipinski definition) is 3. The van der Waals surface area contributed by atoms with E-state index in [4.69, 9.17) is 16.6 Å². The van der Waals surface area contributed by atoms with E-state index in [1.54, 1.807) is 11.8 Å². The number of anilines is 2. The number of benzene rings is 2. The van der Waals surface area contributed by atoms with Crippen molar-refractivity contribution in [3.05, 3.63) is 75.3 Å². The van der Waals surface area contributed by atoms with Crippen LogP contribution < -0.4 is 10.2 Å². The van der Waals surface area contributed by atoms with E-state index >= 15 is 0 Å². The number of nitrogens with zero attached hydrogens (tertiary/aromatic N) is 2. The van der Waals surface area contributed by atoms with Gasteiger partial charge < -0.3 is 5.32 Å². The zero-order chi connectivity index (χ0) is 20.3. The number of amides is 1. The average Bonchev–Trinajstić information content (AvgIpc) is 3.11. The van der Waals surface area contributed by atoms with Gasteiger partial charge in [-0.05, 0) is 38.0 Å². The van der Waals surface area contributed by atoms with Crippen molar-refractivity contribution in [2.24, 2.45) is 0 Å². The number of aryl methyl sites for hydroxylation is 2. The van der Waals surface area contributed by atoms with Crippen molar-refractivity contribution in [2.45, 2.75) is 40.3 Å².